The Balaban J connectivity index is 1.45. The van der Waals surface area contributed by atoms with E-state index in [1.807, 2.05) is 0 Å². The van der Waals surface area contributed by atoms with E-state index in [1.165, 1.54) is 15.6 Å². The number of carbonyl (C=O) groups is 1. The fraction of sp³-hybridized carbons (Fsp3) is 0.227. The molecule has 1 amide bonds. The first-order chi connectivity index (χ1) is 17.0. The van der Waals surface area contributed by atoms with Crippen LogP contribution < -0.4 is 5.32 Å². The van der Waals surface area contributed by atoms with E-state index in [1.54, 1.807) is 13.2 Å². The van der Waals surface area contributed by atoms with Gasteiger partial charge in [-0.3, -0.25) is 14.2 Å². The molecule has 0 atom stereocenters. The summed E-state index contributed by atoms with van der Waals surface area (Å²) in [6, 6.07) is 4.16. The van der Waals surface area contributed by atoms with Gasteiger partial charge in [0.25, 0.3) is 0 Å². The Labute approximate surface area is 199 Å². The number of aryl methyl sites for hydroxylation is 3. The standard InChI is InChI=1S/C22H17F6N7O/c1-34-10-13(30-32-34)5-6-35-11-18(31-33-35)20-16(23)8-14(9-17(20)24)29-19(36)7-12-3-2-4-15(21(12)25)22(26,27)28/h2-4,8-11H,5-7H2,1H3,(H,29,36). The molecule has 188 valence electrons. The van der Waals surface area contributed by atoms with Crippen LogP contribution in [0.3, 0.4) is 0 Å². The summed E-state index contributed by atoms with van der Waals surface area (Å²) in [5.41, 5.74) is -2.22. The Morgan fingerprint density at radius 1 is 1.03 bits per heavy atom. The van der Waals surface area contributed by atoms with E-state index >= 15 is 0 Å². The molecule has 0 radical (unpaired) electrons. The number of aromatic nitrogens is 6. The summed E-state index contributed by atoms with van der Waals surface area (Å²) in [6.45, 7) is 0.329. The number of benzene rings is 2. The van der Waals surface area contributed by atoms with E-state index in [0.717, 1.165) is 24.3 Å². The Bertz CT molecular complexity index is 1390. The quantitative estimate of drug-likeness (QED) is 0.382. The average molecular weight is 509 g/mol. The molecule has 2 aromatic carbocycles. The molecule has 0 fully saturated rings. The molecule has 8 nitrogen and oxygen atoms in total. The molecule has 0 unspecified atom stereocenters. The topological polar surface area (TPSA) is 90.5 Å². The van der Waals surface area contributed by atoms with E-state index in [0.29, 0.717) is 24.7 Å². The summed E-state index contributed by atoms with van der Waals surface area (Å²) < 4.78 is 85.1. The van der Waals surface area contributed by atoms with E-state index in [9.17, 15) is 31.1 Å². The number of nitrogens with one attached hydrogen (secondary N) is 1. The molecule has 4 aromatic rings. The number of hydrogen-bond donors (Lipinski definition) is 1. The molecule has 0 aliphatic rings. The second kappa shape index (κ2) is 9.79. The summed E-state index contributed by atoms with van der Waals surface area (Å²) in [4.78, 5) is 12.2. The molecule has 2 aromatic heterocycles. The SMILES string of the molecule is Cn1cc(CCn2cc(-c3c(F)cc(NC(=O)Cc4cccc(C(F)(F)F)c4F)cc3F)nn2)nn1. The third-order valence-electron chi connectivity index (χ3n) is 5.10. The summed E-state index contributed by atoms with van der Waals surface area (Å²) in [5, 5.41) is 17.5. The summed E-state index contributed by atoms with van der Waals surface area (Å²) in [5.74, 6) is -4.67. The van der Waals surface area contributed by atoms with Crippen molar-refractivity contribution in [3.8, 4) is 11.3 Å². The fourth-order valence-electron chi connectivity index (χ4n) is 3.46. The van der Waals surface area contributed by atoms with Gasteiger partial charge in [0.05, 0.1) is 29.4 Å². The fourth-order valence-corrected chi connectivity index (χ4v) is 3.46. The van der Waals surface area contributed by atoms with Gasteiger partial charge in [0.2, 0.25) is 5.91 Å². The van der Waals surface area contributed by atoms with Crippen LogP contribution in [0, 0.1) is 17.5 Å². The van der Waals surface area contributed by atoms with Gasteiger partial charge in [-0.15, -0.1) is 10.2 Å². The number of amides is 1. The molecule has 0 aliphatic carbocycles. The number of anilines is 1. The lowest BCUT2D eigenvalue weighted by Crippen LogP contribution is -2.17. The van der Waals surface area contributed by atoms with Crippen LogP contribution in [0.4, 0.5) is 32.0 Å². The van der Waals surface area contributed by atoms with Gasteiger partial charge in [-0.1, -0.05) is 22.6 Å². The molecular formula is C22H17F6N7O. The Morgan fingerprint density at radius 2 is 1.75 bits per heavy atom. The number of alkyl halides is 3. The highest BCUT2D eigenvalue weighted by Gasteiger charge is 2.35. The second-order valence-electron chi connectivity index (χ2n) is 7.82. The predicted octanol–water partition coefficient (Wildman–Crippen LogP) is 3.93. The highest BCUT2D eigenvalue weighted by Crippen LogP contribution is 2.33. The third-order valence-corrected chi connectivity index (χ3v) is 5.10. The first kappa shape index (κ1) is 24.9. The number of carbonyl (C=O) groups excluding carboxylic acids is 1. The summed E-state index contributed by atoms with van der Waals surface area (Å²) in [7, 11) is 1.71. The van der Waals surface area contributed by atoms with Crippen LogP contribution in [0.25, 0.3) is 11.3 Å². The molecule has 0 aliphatic heterocycles. The zero-order valence-electron chi connectivity index (χ0n) is 18.5. The normalized spacial score (nSPS) is 11.6. The molecule has 0 bridgehead atoms. The smallest absolute Gasteiger partial charge is 0.326 e. The van der Waals surface area contributed by atoms with Crippen LogP contribution in [0.1, 0.15) is 16.8 Å². The van der Waals surface area contributed by atoms with Gasteiger partial charge in [0.15, 0.2) is 0 Å². The monoisotopic (exact) mass is 509 g/mol. The summed E-state index contributed by atoms with van der Waals surface area (Å²) >= 11 is 0. The minimum absolute atomic E-state index is 0.0898. The van der Waals surface area contributed by atoms with Crippen LogP contribution >= 0.6 is 0 Å². The third kappa shape index (κ3) is 5.53. The van der Waals surface area contributed by atoms with E-state index in [-0.39, 0.29) is 11.4 Å². The zero-order valence-corrected chi connectivity index (χ0v) is 18.5. The van der Waals surface area contributed by atoms with E-state index in [4.69, 9.17) is 0 Å². The van der Waals surface area contributed by atoms with Crippen molar-refractivity contribution in [2.45, 2.75) is 25.6 Å². The Morgan fingerprint density at radius 3 is 2.39 bits per heavy atom. The zero-order chi connectivity index (χ0) is 26.0. The van der Waals surface area contributed by atoms with Crippen LogP contribution in [0.5, 0.6) is 0 Å². The molecule has 0 saturated heterocycles. The van der Waals surface area contributed by atoms with Crippen LogP contribution in [-0.4, -0.2) is 35.9 Å². The molecular weight excluding hydrogens is 492 g/mol. The first-order valence-electron chi connectivity index (χ1n) is 10.4. The van der Waals surface area contributed by atoms with E-state index in [2.05, 4.69) is 25.9 Å². The lowest BCUT2D eigenvalue weighted by atomic mass is 10.1. The molecule has 0 saturated carbocycles. The number of nitrogens with zero attached hydrogens (tertiary/aromatic N) is 6. The molecule has 2 heterocycles. The van der Waals surface area contributed by atoms with Gasteiger partial charge in [-0.2, -0.15) is 13.2 Å². The predicted molar refractivity (Wildman–Crippen MR) is 114 cm³/mol. The minimum Gasteiger partial charge on any atom is -0.326 e. The van der Waals surface area contributed by atoms with Crippen molar-refractivity contribution in [1.82, 2.24) is 30.0 Å². The van der Waals surface area contributed by atoms with Crippen LogP contribution in [0.2, 0.25) is 0 Å². The highest BCUT2D eigenvalue weighted by molar-refractivity contribution is 5.92. The number of hydrogen-bond acceptors (Lipinski definition) is 5. The van der Waals surface area contributed by atoms with Crippen molar-refractivity contribution in [1.29, 1.82) is 0 Å². The van der Waals surface area contributed by atoms with Gasteiger partial charge in [0.1, 0.15) is 23.1 Å². The first-order valence-corrected chi connectivity index (χ1v) is 10.4. The summed E-state index contributed by atoms with van der Waals surface area (Å²) in [6.07, 6.45) is -2.20. The van der Waals surface area contributed by atoms with Crippen molar-refractivity contribution in [3.05, 3.63) is 77.0 Å². The van der Waals surface area contributed by atoms with Crippen molar-refractivity contribution < 1.29 is 31.1 Å². The van der Waals surface area contributed by atoms with Gasteiger partial charge in [0, 0.05) is 31.9 Å². The molecule has 4 rings (SSSR count). The van der Waals surface area contributed by atoms with Gasteiger partial charge in [-0.25, -0.2) is 13.2 Å². The van der Waals surface area contributed by atoms with Gasteiger partial charge < -0.3 is 5.32 Å². The lowest BCUT2D eigenvalue weighted by molar-refractivity contribution is -0.140. The molecule has 14 heteroatoms. The minimum atomic E-state index is -4.93. The maximum absolute atomic E-state index is 14.7. The largest absolute Gasteiger partial charge is 0.419 e. The Kier molecular flexibility index (Phi) is 6.77. The van der Waals surface area contributed by atoms with Crippen molar-refractivity contribution in [2.75, 3.05) is 5.32 Å². The molecule has 1 N–H and O–H groups in total. The van der Waals surface area contributed by atoms with Crippen molar-refractivity contribution in [3.63, 3.8) is 0 Å². The Hall–Kier alpha value is -4.23. The van der Waals surface area contributed by atoms with Crippen LogP contribution in [0.15, 0.2) is 42.7 Å². The molecule has 0 spiro atoms. The van der Waals surface area contributed by atoms with Gasteiger partial charge >= 0.3 is 6.18 Å². The maximum atomic E-state index is 14.7. The number of halogens is 6. The van der Waals surface area contributed by atoms with Crippen molar-refractivity contribution >= 4 is 11.6 Å². The van der Waals surface area contributed by atoms with Crippen molar-refractivity contribution in [2.24, 2.45) is 7.05 Å². The van der Waals surface area contributed by atoms with E-state index < -0.39 is 52.6 Å². The van der Waals surface area contributed by atoms with Gasteiger partial charge in [-0.05, 0) is 23.8 Å². The second-order valence-corrected chi connectivity index (χ2v) is 7.82. The highest BCUT2D eigenvalue weighted by atomic mass is 19.4. The average Bonchev–Trinajstić information content (AvgIpc) is 3.41. The maximum Gasteiger partial charge on any atom is 0.419 e. The van der Waals surface area contributed by atoms with Crippen LogP contribution in [-0.2, 0) is 37.4 Å². The molecule has 36 heavy (non-hydrogen) atoms. The number of rotatable bonds is 7. The lowest BCUT2D eigenvalue weighted by Gasteiger charge is -2.12.